The lowest BCUT2D eigenvalue weighted by Gasteiger charge is -2.15. The standard InChI is InChI=1S/C13H15Cl2N5O2/c1-20-11(18-7-19-20)6-17-13(22)16-5-10(21)12-8(14)3-2-4-9(12)15/h2-4,7,10,21H,5-6H2,1H3,(H2,16,17,22). The van der Waals surface area contributed by atoms with Gasteiger partial charge in [0.1, 0.15) is 12.2 Å². The minimum Gasteiger partial charge on any atom is -0.386 e. The van der Waals surface area contributed by atoms with Crippen LogP contribution in [0.4, 0.5) is 4.79 Å². The van der Waals surface area contributed by atoms with E-state index < -0.39 is 12.1 Å². The first-order chi connectivity index (χ1) is 10.5. The van der Waals surface area contributed by atoms with Gasteiger partial charge in [-0.15, -0.1) is 0 Å². The number of amides is 2. The fourth-order valence-electron chi connectivity index (χ4n) is 1.82. The summed E-state index contributed by atoms with van der Waals surface area (Å²) in [6.45, 7) is 0.208. The van der Waals surface area contributed by atoms with Crippen molar-refractivity contribution in [1.82, 2.24) is 25.4 Å². The summed E-state index contributed by atoms with van der Waals surface area (Å²) in [7, 11) is 1.73. The molecule has 0 saturated carbocycles. The summed E-state index contributed by atoms with van der Waals surface area (Å²) >= 11 is 12.0. The molecule has 3 N–H and O–H groups in total. The normalized spacial score (nSPS) is 12.0. The zero-order valence-electron chi connectivity index (χ0n) is 11.8. The Morgan fingerprint density at radius 2 is 2.05 bits per heavy atom. The van der Waals surface area contributed by atoms with Crippen LogP contribution in [-0.2, 0) is 13.6 Å². The first-order valence-electron chi connectivity index (χ1n) is 6.45. The van der Waals surface area contributed by atoms with Gasteiger partial charge in [0.05, 0.1) is 12.6 Å². The summed E-state index contributed by atoms with van der Waals surface area (Å²) in [4.78, 5) is 15.7. The van der Waals surface area contributed by atoms with Crippen LogP contribution in [0, 0.1) is 0 Å². The van der Waals surface area contributed by atoms with Gasteiger partial charge >= 0.3 is 6.03 Å². The van der Waals surface area contributed by atoms with Crippen molar-refractivity contribution in [2.24, 2.45) is 7.05 Å². The maximum absolute atomic E-state index is 11.7. The number of urea groups is 1. The lowest BCUT2D eigenvalue weighted by atomic mass is 10.1. The average Bonchev–Trinajstić information content (AvgIpc) is 2.88. The highest BCUT2D eigenvalue weighted by atomic mass is 35.5. The van der Waals surface area contributed by atoms with Crippen LogP contribution in [0.3, 0.4) is 0 Å². The number of nitrogens with one attached hydrogen (secondary N) is 2. The maximum atomic E-state index is 11.7. The molecule has 7 nitrogen and oxygen atoms in total. The van der Waals surface area contributed by atoms with E-state index in [2.05, 4.69) is 20.7 Å². The number of hydrogen-bond donors (Lipinski definition) is 3. The molecular formula is C13H15Cl2N5O2. The first-order valence-corrected chi connectivity index (χ1v) is 7.21. The van der Waals surface area contributed by atoms with Crippen molar-refractivity contribution in [2.45, 2.75) is 12.6 Å². The number of benzene rings is 1. The van der Waals surface area contributed by atoms with E-state index in [0.29, 0.717) is 21.4 Å². The van der Waals surface area contributed by atoms with Crippen molar-refractivity contribution in [3.05, 3.63) is 46.0 Å². The minimum atomic E-state index is -0.998. The van der Waals surface area contributed by atoms with Gasteiger partial charge in [-0.1, -0.05) is 29.3 Å². The van der Waals surface area contributed by atoms with E-state index in [9.17, 15) is 9.90 Å². The Morgan fingerprint density at radius 1 is 1.36 bits per heavy atom. The molecule has 22 heavy (non-hydrogen) atoms. The van der Waals surface area contributed by atoms with E-state index in [-0.39, 0.29) is 13.1 Å². The molecule has 1 unspecified atom stereocenters. The molecule has 0 bridgehead atoms. The average molecular weight is 344 g/mol. The lowest BCUT2D eigenvalue weighted by Crippen LogP contribution is -2.38. The predicted molar refractivity (Wildman–Crippen MR) is 82.7 cm³/mol. The topological polar surface area (TPSA) is 92.1 Å². The van der Waals surface area contributed by atoms with Gasteiger partial charge in [-0.2, -0.15) is 5.10 Å². The number of aryl methyl sites for hydroxylation is 1. The molecule has 0 aliphatic heterocycles. The van der Waals surface area contributed by atoms with E-state index >= 15 is 0 Å². The summed E-state index contributed by atoms with van der Waals surface area (Å²) in [5.74, 6) is 0.616. The van der Waals surface area contributed by atoms with Crippen molar-refractivity contribution in [1.29, 1.82) is 0 Å². The number of carbonyl (C=O) groups excluding carboxylic acids is 1. The number of nitrogens with zero attached hydrogens (tertiary/aromatic N) is 3. The second-order valence-electron chi connectivity index (χ2n) is 4.51. The fraction of sp³-hybridized carbons (Fsp3) is 0.308. The van der Waals surface area contributed by atoms with Gasteiger partial charge in [0.25, 0.3) is 0 Å². The largest absolute Gasteiger partial charge is 0.386 e. The third kappa shape index (κ3) is 4.09. The number of rotatable bonds is 5. The van der Waals surface area contributed by atoms with Crippen LogP contribution >= 0.6 is 23.2 Å². The van der Waals surface area contributed by atoms with Gasteiger partial charge in [-0.05, 0) is 12.1 Å². The van der Waals surface area contributed by atoms with Crippen molar-refractivity contribution in [3.63, 3.8) is 0 Å². The van der Waals surface area contributed by atoms with Crippen LogP contribution in [0.15, 0.2) is 24.5 Å². The van der Waals surface area contributed by atoms with Gasteiger partial charge in [-0.25, -0.2) is 9.78 Å². The number of aliphatic hydroxyl groups excluding tert-OH is 1. The first kappa shape index (κ1) is 16.5. The summed E-state index contributed by atoms with van der Waals surface area (Å²) in [6, 6.07) is 4.49. The smallest absolute Gasteiger partial charge is 0.315 e. The minimum absolute atomic E-state index is 0.0197. The van der Waals surface area contributed by atoms with Gasteiger partial charge in [0.2, 0.25) is 0 Å². The van der Waals surface area contributed by atoms with Crippen molar-refractivity contribution in [2.75, 3.05) is 6.54 Å². The van der Waals surface area contributed by atoms with Crippen molar-refractivity contribution >= 4 is 29.2 Å². The zero-order valence-corrected chi connectivity index (χ0v) is 13.3. The molecule has 2 rings (SSSR count). The Kier molecular flexibility index (Phi) is 5.59. The molecule has 9 heteroatoms. The molecule has 2 amide bonds. The van der Waals surface area contributed by atoms with Crippen LogP contribution in [0.25, 0.3) is 0 Å². The molecule has 0 spiro atoms. The Balaban J connectivity index is 1.84. The maximum Gasteiger partial charge on any atom is 0.315 e. The van der Waals surface area contributed by atoms with Crippen molar-refractivity contribution < 1.29 is 9.90 Å². The van der Waals surface area contributed by atoms with E-state index in [1.54, 1.807) is 29.9 Å². The molecule has 1 atom stereocenters. The highest BCUT2D eigenvalue weighted by molar-refractivity contribution is 6.36. The lowest BCUT2D eigenvalue weighted by molar-refractivity contribution is 0.173. The number of halogens is 2. The zero-order chi connectivity index (χ0) is 16.1. The molecule has 2 aromatic rings. The predicted octanol–water partition coefficient (Wildman–Crippen LogP) is 1.65. The number of aromatic nitrogens is 3. The quantitative estimate of drug-likeness (QED) is 0.769. The van der Waals surface area contributed by atoms with Crippen LogP contribution in [-0.4, -0.2) is 32.4 Å². The molecule has 118 valence electrons. The Morgan fingerprint density at radius 3 is 2.64 bits per heavy atom. The molecule has 0 fully saturated rings. The molecular weight excluding hydrogens is 329 g/mol. The number of hydrogen-bond acceptors (Lipinski definition) is 4. The number of carbonyl (C=O) groups is 1. The van der Waals surface area contributed by atoms with Gasteiger partial charge in [0, 0.05) is 29.2 Å². The Labute approximate surface area is 137 Å². The van der Waals surface area contributed by atoms with Crippen LogP contribution in [0.2, 0.25) is 10.0 Å². The highest BCUT2D eigenvalue weighted by Gasteiger charge is 2.16. The van der Waals surface area contributed by atoms with Gasteiger partial charge in [0.15, 0.2) is 0 Å². The van der Waals surface area contributed by atoms with E-state index in [1.807, 2.05) is 0 Å². The third-order valence-electron chi connectivity index (χ3n) is 3.00. The van der Waals surface area contributed by atoms with E-state index in [4.69, 9.17) is 23.2 Å². The van der Waals surface area contributed by atoms with Gasteiger partial charge in [-0.3, -0.25) is 4.68 Å². The van der Waals surface area contributed by atoms with E-state index in [0.717, 1.165) is 0 Å². The molecule has 0 radical (unpaired) electrons. The Hall–Kier alpha value is -1.83. The molecule has 0 aliphatic rings. The molecule has 1 aromatic carbocycles. The second kappa shape index (κ2) is 7.44. The summed E-state index contributed by atoms with van der Waals surface area (Å²) in [5.41, 5.74) is 0.388. The molecule has 0 aliphatic carbocycles. The summed E-state index contributed by atoms with van der Waals surface area (Å²) < 4.78 is 1.55. The summed E-state index contributed by atoms with van der Waals surface area (Å²) in [5, 5.41) is 19.8. The van der Waals surface area contributed by atoms with Crippen LogP contribution in [0.5, 0.6) is 0 Å². The third-order valence-corrected chi connectivity index (χ3v) is 3.66. The number of aliphatic hydroxyl groups is 1. The van der Waals surface area contributed by atoms with E-state index in [1.165, 1.54) is 6.33 Å². The molecule has 0 saturated heterocycles. The van der Waals surface area contributed by atoms with Crippen LogP contribution in [0.1, 0.15) is 17.5 Å². The van der Waals surface area contributed by atoms with Gasteiger partial charge < -0.3 is 15.7 Å². The highest BCUT2D eigenvalue weighted by Crippen LogP contribution is 2.29. The summed E-state index contributed by atoms with van der Waals surface area (Å²) in [6.07, 6.45) is 0.403. The molecule has 1 aromatic heterocycles. The Bertz CT molecular complexity index is 641. The fourth-order valence-corrected chi connectivity index (χ4v) is 2.47. The van der Waals surface area contributed by atoms with Crippen LogP contribution < -0.4 is 10.6 Å². The SMILES string of the molecule is Cn1ncnc1CNC(=O)NCC(O)c1c(Cl)cccc1Cl. The monoisotopic (exact) mass is 343 g/mol. The molecule has 1 heterocycles. The second-order valence-corrected chi connectivity index (χ2v) is 5.33. The van der Waals surface area contributed by atoms with Crippen molar-refractivity contribution in [3.8, 4) is 0 Å².